The van der Waals surface area contributed by atoms with Gasteiger partial charge in [-0.3, -0.25) is 0 Å². The van der Waals surface area contributed by atoms with Gasteiger partial charge in [0, 0.05) is 12.6 Å². The second kappa shape index (κ2) is 4.70. The van der Waals surface area contributed by atoms with E-state index >= 15 is 0 Å². The molecule has 1 heterocycles. The van der Waals surface area contributed by atoms with Crippen molar-refractivity contribution in [3.63, 3.8) is 0 Å². The Bertz CT molecular complexity index is 385. The van der Waals surface area contributed by atoms with Crippen LogP contribution < -0.4 is 0 Å². The Labute approximate surface area is 88.2 Å². The number of hydrogen-bond acceptors (Lipinski definition) is 3. The summed E-state index contributed by atoms with van der Waals surface area (Å²) in [6, 6.07) is 9.91. The molecule has 4 heteroatoms. The van der Waals surface area contributed by atoms with Crippen LogP contribution in [0.3, 0.4) is 0 Å². The van der Waals surface area contributed by atoms with Crippen LogP contribution in [0, 0.1) is 0 Å². The average Bonchev–Trinajstić information content (AvgIpc) is 2.71. The summed E-state index contributed by atoms with van der Waals surface area (Å²) >= 11 is 0. The largest absolute Gasteiger partial charge is 0.391 e. The van der Waals surface area contributed by atoms with Crippen LogP contribution in [0.1, 0.15) is 5.56 Å². The van der Waals surface area contributed by atoms with E-state index in [1.54, 1.807) is 17.1 Å². The van der Waals surface area contributed by atoms with E-state index in [2.05, 4.69) is 10.3 Å². The van der Waals surface area contributed by atoms with Gasteiger partial charge in [-0.2, -0.15) is 0 Å². The van der Waals surface area contributed by atoms with Gasteiger partial charge in [-0.15, -0.1) is 5.10 Å². The van der Waals surface area contributed by atoms with Gasteiger partial charge in [0.2, 0.25) is 0 Å². The predicted molar refractivity (Wildman–Crippen MR) is 56.2 cm³/mol. The molecule has 0 unspecified atom stereocenters. The molecule has 0 saturated carbocycles. The molecule has 15 heavy (non-hydrogen) atoms. The Morgan fingerprint density at radius 1 is 1.27 bits per heavy atom. The Hall–Kier alpha value is -1.68. The lowest BCUT2D eigenvalue weighted by molar-refractivity contribution is 0.148. The van der Waals surface area contributed by atoms with Gasteiger partial charge in [-0.05, 0) is 5.56 Å². The van der Waals surface area contributed by atoms with Gasteiger partial charge in [0.15, 0.2) is 0 Å². The van der Waals surface area contributed by atoms with Crippen LogP contribution in [0.15, 0.2) is 42.7 Å². The second-order valence-electron chi connectivity index (χ2n) is 3.47. The van der Waals surface area contributed by atoms with E-state index in [1.807, 2.05) is 30.3 Å². The van der Waals surface area contributed by atoms with Gasteiger partial charge in [0.25, 0.3) is 0 Å². The number of nitrogens with zero attached hydrogens (tertiary/aromatic N) is 3. The first-order valence-corrected chi connectivity index (χ1v) is 4.90. The molecule has 2 aromatic rings. The lowest BCUT2D eigenvalue weighted by Crippen LogP contribution is -2.19. The molecule has 0 aliphatic heterocycles. The van der Waals surface area contributed by atoms with Crippen LogP contribution in [0.4, 0.5) is 0 Å². The molecule has 1 atom stereocenters. The Morgan fingerprint density at radius 3 is 2.73 bits per heavy atom. The third-order valence-electron chi connectivity index (χ3n) is 2.18. The van der Waals surface area contributed by atoms with E-state index in [1.165, 1.54) is 0 Å². The fraction of sp³-hybridized carbons (Fsp3) is 0.273. The Balaban J connectivity index is 1.90. The SMILES string of the molecule is O[C@H](Cc1ccccc1)Cn1ccnn1. The molecule has 0 saturated heterocycles. The summed E-state index contributed by atoms with van der Waals surface area (Å²) in [6.45, 7) is 0.481. The van der Waals surface area contributed by atoms with Gasteiger partial charge in [-0.25, -0.2) is 4.68 Å². The van der Waals surface area contributed by atoms with Crippen LogP contribution in [0.5, 0.6) is 0 Å². The van der Waals surface area contributed by atoms with Gasteiger partial charge in [0.05, 0.1) is 18.8 Å². The molecular weight excluding hydrogens is 190 g/mol. The maximum Gasteiger partial charge on any atom is 0.0776 e. The van der Waals surface area contributed by atoms with Crippen LogP contribution in [0.2, 0.25) is 0 Å². The van der Waals surface area contributed by atoms with Crippen molar-refractivity contribution in [3.05, 3.63) is 48.3 Å². The van der Waals surface area contributed by atoms with Crippen LogP contribution >= 0.6 is 0 Å². The summed E-state index contributed by atoms with van der Waals surface area (Å²) in [5.41, 5.74) is 1.13. The molecule has 0 spiro atoms. The van der Waals surface area contributed by atoms with E-state index in [9.17, 15) is 5.11 Å². The topological polar surface area (TPSA) is 50.9 Å². The van der Waals surface area contributed by atoms with Crippen molar-refractivity contribution in [1.82, 2.24) is 15.0 Å². The monoisotopic (exact) mass is 203 g/mol. The molecule has 0 bridgehead atoms. The molecule has 0 aliphatic carbocycles. The van der Waals surface area contributed by atoms with Crippen molar-refractivity contribution in [1.29, 1.82) is 0 Å². The summed E-state index contributed by atoms with van der Waals surface area (Å²) in [7, 11) is 0. The first-order valence-electron chi connectivity index (χ1n) is 4.90. The van der Waals surface area contributed by atoms with E-state index < -0.39 is 6.10 Å². The summed E-state index contributed by atoms with van der Waals surface area (Å²) < 4.78 is 1.63. The van der Waals surface area contributed by atoms with Crippen LogP contribution in [-0.2, 0) is 13.0 Å². The smallest absolute Gasteiger partial charge is 0.0776 e. The Kier molecular flexibility index (Phi) is 3.09. The summed E-state index contributed by atoms with van der Waals surface area (Å²) in [6.07, 6.45) is 3.57. The predicted octanol–water partition coefficient (Wildman–Crippen LogP) is 0.882. The molecule has 1 N–H and O–H groups in total. The number of hydrogen-bond donors (Lipinski definition) is 1. The maximum atomic E-state index is 9.79. The van der Waals surface area contributed by atoms with Gasteiger partial charge < -0.3 is 5.11 Å². The number of aliphatic hydroxyl groups is 1. The third-order valence-corrected chi connectivity index (χ3v) is 2.18. The second-order valence-corrected chi connectivity index (χ2v) is 3.47. The molecule has 1 aromatic carbocycles. The summed E-state index contributed by atoms with van der Waals surface area (Å²) in [5.74, 6) is 0. The van der Waals surface area contributed by atoms with E-state index in [0.29, 0.717) is 13.0 Å². The van der Waals surface area contributed by atoms with E-state index in [4.69, 9.17) is 0 Å². The number of rotatable bonds is 4. The van der Waals surface area contributed by atoms with Gasteiger partial charge in [0.1, 0.15) is 0 Å². The standard InChI is InChI=1S/C11H13N3O/c15-11(9-14-7-6-12-13-14)8-10-4-2-1-3-5-10/h1-7,11,15H,8-9H2/t11-/m1/s1. The lowest BCUT2D eigenvalue weighted by atomic mass is 10.1. The van der Waals surface area contributed by atoms with Crippen molar-refractivity contribution >= 4 is 0 Å². The lowest BCUT2D eigenvalue weighted by Gasteiger charge is -2.09. The van der Waals surface area contributed by atoms with Crippen molar-refractivity contribution in [2.45, 2.75) is 19.1 Å². The summed E-state index contributed by atoms with van der Waals surface area (Å²) in [5, 5.41) is 17.3. The van der Waals surface area contributed by atoms with Crippen LogP contribution in [-0.4, -0.2) is 26.2 Å². The van der Waals surface area contributed by atoms with Gasteiger partial charge >= 0.3 is 0 Å². The van der Waals surface area contributed by atoms with Crippen molar-refractivity contribution in [2.75, 3.05) is 0 Å². The average molecular weight is 203 g/mol. The van der Waals surface area contributed by atoms with Gasteiger partial charge in [-0.1, -0.05) is 35.5 Å². The number of aliphatic hydroxyl groups excluding tert-OH is 1. The Morgan fingerprint density at radius 2 is 2.07 bits per heavy atom. The molecular formula is C11H13N3O. The zero-order valence-corrected chi connectivity index (χ0v) is 8.32. The maximum absolute atomic E-state index is 9.79. The zero-order chi connectivity index (χ0) is 10.5. The highest BCUT2D eigenvalue weighted by molar-refractivity contribution is 5.15. The first-order chi connectivity index (χ1) is 7.34. The van der Waals surface area contributed by atoms with E-state index in [0.717, 1.165) is 5.56 Å². The molecule has 1 aromatic heterocycles. The fourth-order valence-corrected chi connectivity index (χ4v) is 1.50. The van der Waals surface area contributed by atoms with Crippen molar-refractivity contribution in [3.8, 4) is 0 Å². The van der Waals surface area contributed by atoms with Crippen LogP contribution in [0.25, 0.3) is 0 Å². The van der Waals surface area contributed by atoms with Crippen molar-refractivity contribution < 1.29 is 5.11 Å². The molecule has 2 rings (SSSR count). The molecule has 0 amide bonds. The molecule has 4 nitrogen and oxygen atoms in total. The van der Waals surface area contributed by atoms with E-state index in [-0.39, 0.29) is 0 Å². The van der Waals surface area contributed by atoms with Crippen molar-refractivity contribution in [2.24, 2.45) is 0 Å². The minimum Gasteiger partial charge on any atom is -0.391 e. The minimum absolute atomic E-state index is 0.422. The normalized spacial score (nSPS) is 12.6. The zero-order valence-electron chi connectivity index (χ0n) is 8.32. The quantitative estimate of drug-likeness (QED) is 0.802. The molecule has 78 valence electrons. The molecule has 0 radical (unpaired) electrons. The third kappa shape index (κ3) is 2.89. The highest BCUT2D eigenvalue weighted by atomic mass is 16.3. The minimum atomic E-state index is -0.422. The highest BCUT2D eigenvalue weighted by Gasteiger charge is 2.06. The number of benzene rings is 1. The number of aromatic nitrogens is 3. The summed E-state index contributed by atoms with van der Waals surface area (Å²) in [4.78, 5) is 0. The molecule has 0 aliphatic rings. The fourth-order valence-electron chi connectivity index (χ4n) is 1.50. The first kappa shape index (κ1) is 9.86. The molecule has 0 fully saturated rings. The highest BCUT2D eigenvalue weighted by Crippen LogP contribution is 2.04.